The van der Waals surface area contributed by atoms with E-state index in [1.807, 2.05) is 0 Å². The largest absolute Gasteiger partial charge is 1.00 e. The number of ether oxygens (including phenoxy) is 1. The molecule has 2 atom stereocenters. The Kier molecular flexibility index (Phi) is 6.32. The minimum atomic E-state index is -4.83. The fourth-order valence-corrected chi connectivity index (χ4v) is 3.92. The van der Waals surface area contributed by atoms with E-state index in [0.717, 1.165) is 16.5 Å². The van der Waals surface area contributed by atoms with E-state index < -0.39 is 40.3 Å². The SMILES string of the molecule is NC(=O)/C=C1/CN(C(=O)OCc2ccccc2)[C@@H]2C(=O)N(S(=O)(=O)O)[C@H]12.[H-].[Na+]. The molecule has 2 aliphatic rings. The van der Waals surface area contributed by atoms with Gasteiger partial charge in [-0.15, -0.1) is 0 Å². The summed E-state index contributed by atoms with van der Waals surface area (Å²) in [5, 5.41) is 0. The number of rotatable bonds is 4. The smallest absolute Gasteiger partial charge is 1.00 e. The Hall–Kier alpha value is -1.92. The Bertz CT molecular complexity index is 909. The molecule has 1 aromatic carbocycles. The molecule has 0 aliphatic carbocycles. The summed E-state index contributed by atoms with van der Waals surface area (Å²) in [7, 11) is -4.83. The molecule has 3 N–H and O–H groups in total. The van der Waals surface area contributed by atoms with Crippen LogP contribution in [0.3, 0.4) is 0 Å². The standard InChI is InChI=1S/C15H15N3O7S.Na.H/c16-11(19)6-10-7-17(13-12(10)18(14(13)20)26(22,23)24)15(21)25-8-9-4-2-1-3-5-9;;/h1-6,12-13H,7-8H2,(H2,16,19)(H,22,23,24);;/q;+1;-1/b10-6-;;/t12-,13+;;/m1../s1. The van der Waals surface area contributed by atoms with Crippen LogP contribution in [-0.2, 0) is 31.2 Å². The van der Waals surface area contributed by atoms with Crippen LogP contribution in [0, 0.1) is 0 Å². The van der Waals surface area contributed by atoms with Crippen LogP contribution in [0.25, 0.3) is 0 Å². The number of likely N-dealkylation sites (tertiary alicyclic amines) is 1. The van der Waals surface area contributed by atoms with Crippen molar-refractivity contribution in [2.45, 2.75) is 18.7 Å². The van der Waals surface area contributed by atoms with Gasteiger partial charge in [-0.3, -0.25) is 19.0 Å². The van der Waals surface area contributed by atoms with Gasteiger partial charge in [0.2, 0.25) is 5.91 Å². The monoisotopic (exact) mass is 405 g/mol. The van der Waals surface area contributed by atoms with Crippen molar-refractivity contribution in [1.29, 1.82) is 0 Å². The molecule has 2 aliphatic heterocycles. The Labute approximate surface area is 178 Å². The summed E-state index contributed by atoms with van der Waals surface area (Å²) < 4.78 is 37.3. The molecule has 1 aromatic rings. The van der Waals surface area contributed by atoms with E-state index in [1.165, 1.54) is 0 Å². The van der Waals surface area contributed by atoms with Gasteiger partial charge in [-0.2, -0.15) is 8.42 Å². The number of nitrogens with two attached hydrogens (primary N) is 1. The van der Waals surface area contributed by atoms with E-state index in [9.17, 15) is 27.4 Å². The molecular weight excluding hydrogens is 389 g/mol. The zero-order valence-electron chi connectivity index (χ0n) is 15.3. The first-order valence-corrected chi connectivity index (χ1v) is 8.87. The van der Waals surface area contributed by atoms with Crippen molar-refractivity contribution in [3.63, 3.8) is 0 Å². The number of benzene rings is 1. The molecule has 0 aromatic heterocycles. The summed E-state index contributed by atoms with van der Waals surface area (Å²) in [6.45, 7) is -0.262. The second-order valence-electron chi connectivity index (χ2n) is 5.79. The van der Waals surface area contributed by atoms with E-state index in [4.69, 9.17) is 10.5 Å². The molecule has 0 bridgehead atoms. The van der Waals surface area contributed by atoms with Crippen LogP contribution in [-0.4, -0.2) is 58.7 Å². The summed E-state index contributed by atoms with van der Waals surface area (Å²) in [6, 6.07) is 6.47. The first-order valence-electron chi connectivity index (χ1n) is 7.48. The van der Waals surface area contributed by atoms with Crippen LogP contribution < -0.4 is 35.3 Å². The number of hydrogen-bond acceptors (Lipinski definition) is 6. The molecule has 0 unspecified atom stereocenters. The number of carbonyl (C=O) groups is 3. The number of fused-ring (bicyclic) bond motifs is 1. The van der Waals surface area contributed by atoms with Crippen LogP contribution in [0.15, 0.2) is 42.0 Å². The van der Waals surface area contributed by atoms with Gasteiger partial charge in [0.05, 0.1) is 0 Å². The van der Waals surface area contributed by atoms with E-state index in [1.54, 1.807) is 30.3 Å². The summed E-state index contributed by atoms with van der Waals surface area (Å²) >= 11 is 0. The Balaban J connectivity index is 0.00000196. The van der Waals surface area contributed by atoms with Gasteiger partial charge in [0.15, 0.2) is 0 Å². The molecule has 27 heavy (non-hydrogen) atoms. The molecule has 0 radical (unpaired) electrons. The van der Waals surface area contributed by atoms with Gasteiger partial charge in [0.1, 0.15) is 18.7 Å². The summed E-state index contributed by atoms with van der Waals surface area (Å²) in [5.41, 5.74) is 5.93. The van der Waals surface area contributed by atoms with Gasteiger partial charge in [-0.05, 0) is 11.1 Å². The van der Waals surface area contributed by atoms with Crippen LogP contribution in [0.1, 0.15) is 6.99 Å². The zero-order chi connectivity index (χ0) is 19.1. The maximum absolute atomic E-state index is 12.3. The second-order valence-corrected chi connectivity index (χ2v) is 7.08. The first kappa shape index (κ1) is 21.4. The fourth-order valence-electron chi connectivity index (χ4n) is 3.05. The van der Waals surface area contributed by atoms with Crippen molar-refractivity contribution < 1.29 is 63.1 Å². The third kappa shape index (κ3) is 4.17. The molecule has 10 nitrogen and oxygen atoms in total. The van der Waals surface area contributed by atoms with Crippen LogP contribution in [0.4, 0.5) is 4.79 Å². The van der Waals surface area contributed by atoms with Crippen molar-refractivity contribution in [3.8, 4) is 0 Å². The molecule has 3 rings (SSSR count). The van der Waals surface area contributed by atoms with Crippen molar-refractivity contribution in [2.24, 2.45) is 5.73 Å². The second kappa shape index (κ2) is 7.98. The van der Waals surface area contributed by atoms with Gasteiger partial charge in [0, 0.05) is 12.6 Å². The number of amides is 3. The Morgan fingerprint density at radius 2 is 1.93 bits per heavy atom. The summed E-state index contributed by atoms with van der Waals surface area (Å²) in [6.07, 6.45) is 0.0901. The van der Waals surface area contributed by atoms with Gasteiger partial charge < -0.3 is 11.9 Å². The van der Waals surface area contributed by atoms with Crippen molar-refractivity contribution in [3.05, 3.63) is 47.5 Å². The average molecular weight is 405 g/mol. The van der Waals surface area contributed by atoms with E-state index in [2.05, 4.69) is 0 Å². The number of β-lactam (4-membered cyclic amide) rings is 1. The minimum Gasteiger partial charge on any atom is -1.00 e. The zero-order valence-corrected chi connectivity index (χ0v) is 17.1. The maximum atomic E-state index is 12.3. The van der Waals surface area contributed by atoms with E-state index >= 15 is 0 Å². The van der Waals surface area contributed by atoms with Crippen molar-refractivity contribution >= 4 is 28.2 Å². The summed E-state index contributed by atoms with van der Waals surface area (Å²) in [5.74, 6) is -1.85. The third-order valence-corrected chi connectivity index (χ3v) is 5.01. The summed E-state index contributed by atoms with van der Waals surface area (Å²) in [4.78, 5) is 36.6. The number of hydrogen-bond donors (Lipinski definition) is 2. The van der Waals surface area contributed by atoms with Gasteiger partial charge in [0.25, 0.3) is 5.91 Å². The third-order valence-electron chi connectivity index (χ3n) is 4.11. The maximum Gasteiger partial charge on any atom is 1.00 e. The molecule has 0 spiro atoms. The van der Waals surface area contributed by atoms with E-state index in [-0.39, 0.29) is 54.0 Å². The Morgan fingerprint density at radius 3 is 2.48 bits per heavy atom. The van der Waals surface area contributed by atoms with Crippen LogP contribution in [0.2, 0.25) is 0 Å². The number of carbonyl (C=O) groups excluding carboxylic acids is 3. The number of primary amides is 1. The topological polar surface area (TPSA) is 147 Å². The van der Waals surface area contributed by atoms with Crippen molar-refractivity contribution in [1.82, 2.24) is 9.21 Å². The fraction of sp³-hybridized carbons (Fsp3) is 0.267. The van der Waals surface area contributed by atoms with Crippen molar-refractivity contribution in [2.75, 3.05) is 6.54 Å². The van der Waals surface area contributed by atoms with Gasteiger partial charge in [-0.1, -0.05) is 30.3 Å². The van der Waals surface area contributed by atoms with Gasteiger partial charge >= 0.3 is 46.0 Å². The van der Waals surface area contributed by atoms with E-state index in [0.29, 0.717) is 0 Å². The Morgan fingerprint density at radius 1 is 1.30 bits per heavy atom. The normalized spacial score (nSPS) is 22.7. The predicted octanol–water partition coefficient (Wildman–Crippen LogP) is -3.45. The molecule has 12 heteroatoms. The number of nitrogens with zero attached hydrogens (tertiary/aromatic N) is 2. The quantitative estimate of drug-likeness (QED) is 0.229. The molecule has 2 fully saturated rings. The molecule has 140 valence electrons. The van der Waals surface area contributed by atoms with Gasteiger partial charge in [-0.25, -0.2) is 9.10 Å². The molecule has 2 saturated heterocycles. The predicted molar refractivity (Wildman–Crippen MR) is 87.7 cm³/mol. The van der Waals surface area contributed by atoms with Crippen LogP contribution in [0.5, 0.6) is 0 Å². The first-order chi connectivity index (χ1) is 12.2. The molecule has 2 heterocycles. The van der Waals surface area contributed by atoms with Crippen LogP contribution >= 0.6 is 0 Å². The molecule has 0 saturated carbocycles. The average Bonchev–Trinajstić information content (AvgIpc) is 2.85. The molecule has 3 amide bonds. The minimum absolute atomic E-state index is 0. The molecular formula is C15H16N3NaO7S.